The molecular formula is C16H16N2O3S. The van der Waals surface area contributed by atoms with Crippen molar-refractivity contribution in [3.05, 3.63) is 59.2 Å². The lowest BCUT2D eigenvalue weighted by Crippen LogP contribution is -2.24. The molecule has 114 valence electrons. The first kappa shape index (κ1) is 16.0. The molecule has 2 rings (SSSR count). The average molecular weight is 316 g/mol. The fraction of sp³-hybridized carbons (Fsp3) is 0.188. The SMILES string of the molecule is COc1cccc(CNS(=O)(=O)c2cccc(C)c2C#N)c1. The zero-order chi connectivity index (χ0) is 16.2. The van der Waals surface area contributed by atoms with Crippen molar-refractivity contribution in [2.24, 2.45) is 0 Å². The lowest BCUT2D eigenvalue weighted by molar-refractivity contribution is 0.414. The Balaban J connectivity index is 2.25. The molecule has 0 spiro atoms. The van der Waals surface area contributed by atoms with Crippen molar-refractivity contribution in [1.82, 2.24) is 4.72 Å². The minimum atomic E-state index is -3.76. The lowest BCUT2D eigenvalue weighted by Gasteiger charge is -2.10. The van der Waals surface area contributed by atoms with Crippen molar-refractivity contribution in [3.63, 3.8) is 0 Å². The highest BCUT2D eigenvalue weighted by atomic mass is 32.2. The van der Waals surface area contributed by atoms with Gasteiger partial charge < -0.3 is 4.74 Å². The molecule has 0 bridgehead atoms. The molecule has 0 saturated carbocycles. The highest BCUT2D eigenvalue weighted by molar-refractivity contribution is 7.89. The maximum atomic E-state index is 12.4. The average Bonchev–Trinajstić information content (AvgIpc) is 2.53. The van der Waals surface area contributed by atoms with E-state index in [1.807, 2.05) is 6.07 Å². The van der Waals surface area contributed by atoms with Gasteiger partial charge >= 0.3 is 0 Å². The Morgan fingerprint density at radius 2 is 1.95 bits per heavy atom. The van der Waals surface area contributed by atoms with E-state index in [2.05, 4.69) is 4.72 Å². The Morgan fingerprint density at radius 1 is 1.23 bits per heavy atom. The molecule has 0 amide bonds. The summed E-state index contributed by atoms with van der Waals surface area (Å²) in [6, 6.07) is 13.8. The topological polar surface area (TPSA) is 79.2 Å². The Labute approximate surface area is 130 Å². The van der Waals surface area contributed by atoms with Gasteiger partial charge in [0.1, 0.15) is 16.7 Å². The van der Waals surface area contributed by atoms with Gasteiger partial charge in [-0.3, -0.25) is 0 Å². The third-order valence-electron chi connectivity index (χ3n) is 3.24. The third kappa shape index (κ3) is 3.45. The molecule has 6 heteroatoms. The van der Waals surface area contributed by atoms with Crippen LogP contribution < -0.4 is 9.46 Å². The zero-order valence-corrected chi connectivity index (χ0v) is 13.1. The molecule has 0 aliphatic rings. The number of sulfonamides is 1. The van der Waals surface area contributed by atoms with Gasteiger partial charge in [-0.2, -0.15) is 5.26 Å². The van der Waals surface area contributed by atoms with Gasteiger partial charge in [0.25, 0.3) is 0 Å². The number of hydrogen-bond acceptors (Lipinski definition) is 4. The summed E-state index contributed by atoms with van der Waals surface area (Å²) in [5.74, 6) is 0.657. The van der Waals surface area contributed by atoms with Crippen LogP contribution >= 0.6 is 0 Å². The number of nitrogens with one attached hydrogen (secondary N) is 1. The molecule has 0 saturated heterocycles. The Bertz CT molecular complexity index is 824. The molecule has 0 aliphatic carbocycles. The molecule has 1 N–H and O–H groups in total. The number of benzene rings is 2. The van der Waals surface area contributed by atoms with E-state index < -0.39 is 10.0 Å². The predicted molar refractivity (Wildman–Crippen MR) is 82.9 cm³/mol. The summed E-state index contributed by atoms with van der Waals surface area (Å²) in [6.07, 6.45) is 0. The molecule has 0 atom stereocenters. The van der Waals surface area contributed by atoms with Crippen LogP contribution in [0, 0.1) is 18.3 Å². The molecular weight excluding hydrogens is 300 g/mol. The van der Waals surface area contributed by atoms with Crippen LogP contribution in [0.15, 0.2) is 47.4 Å². The van der Waals surface area contributed by atoms with Crippen molar-refractivity contribution >= 4 is 10.0 Å². The molecule has 5 nitrogen and oxygen atoms in total. The largest absolute Gasteiger partial charge is 0.497 e. The quantitative estimate of drug-likeness (QED) is 0.918. The maximum Gasteiger partial charge on any atom is 0.242 e. The van der Waals surface area contributed by atoms with Crippen molar-refractivity contribution < 1.29 is 13.2 Å². The standard InChI is InChI=1S/C16H16N2O3S/c1-12-5-3-8-16(15(12)10-17)22(19,20)18-11-13-6-4-7-14(9-13)21-2/h3-9,18H,11H2,1-2H3. The molecule has 0 radical (unpaired) electrons. The summed E-state index contributed by atoms with van der Waals surface area (Å²) >= 11 is 0. The van der Waals surface area contributed by atoms with E-state index in [0.717, 1.165) is 5.56 Å². The van der Waals surface area contributed by atoms with Crippen LogP contribution in [0.4, 0.5) is 0 Å². The van der Waals surface area contributed by atoms with Crippen molar-refractivity contribution in [3.8, 4) is 11.8 Å². The first-order valence-corrected chi connectivity index (χ1v) is 8.08. The fourth-order valence-electron chi connectivity index (χ4n) is 2.05. The van der Waals surface area contributed by atoms with E-state index in [1.54, 1.807) is 50.4 Å². The zero-order valence-electron chi connectivity index (χ0n) is 12.3. The molecule has 2 aromatic carbocycles. The second-order valence-corrected chi connectivity index (χ2v) is 6.47. The van der Waals surface area contributed by atoms with Gasteiger partial charge in [-0.1, -0.05) is 24.3 Å². The monoisotopic (exact) mass is 316 g/mol. The summed E-state index contributed by atoms with van der Waals surface area (Å²) in [5, 5.41) is 9.16. The summed E-state index contributed by atoms with van der Waals surface area (Å²) in [7, 11) is -2.21. The smallest absolute Gasteiger partial charge is 0.242 e. The Hall–Kier alpha value is -2.36. The normalized spacial score (nSPS) is 11.0. The van der Waals surface area contributed by atoms with Gasteiger partial charge in [0, 0.05) is 6.54 Å². The molecule has 0 aromatic heterocycles. The molecule has 0 heterocycles. The summed E-state index contributed by atoms with van der Waals surface area (Å²) in [5.41, 5.74) is 1.57. The van der Waals surface area contributed by atoms with E-state index in [4.69, 9.17) is 10.00 Å². The van der Waals surface area contributed by atoms with Gasteiger partial charge in [-0.05, 0) is 36.2 Å². The van der Waals surface area contributed by atoms with Crippen LogP contribution in [-0.4, -0.2) is 15.5 Å². The number of nitrogens with zero attached hydrogens (tertiary/aromatic N) is 1. The Kier molecular flexibility index (Phi) is 4.81. The number of ether oxygens (including phenoxy) is 1. The van der Waals surface area contributed by atoms with Gasteiger partial charge in [0.2, 0.25) is 10.0 Å². The van der Waals surface area contributed by atoms with E-state index in [0.29, 0.717) is 11.3 Å². The van der Waals surface area contributed by atoms with Gasteiger partial charge in [0.05, 0.1) is 12.7 Å². The van der Waals surface area contributed by atoms with Crippen LogP contribution in [0.1, 0.15) is 16.7 Å². The van der Waals surface area contributed by atoms with Crippen LogP contribution in [0.3, 0.4) is 0 Å². The number of hydrogen-bond donors (Lipinski definition) is 1. The van der Waals surface area contributed by atoms with Crippen molar-refractivity contribution in [2.75, 3.05) is 7.11 Å². The lowest BCUT2D eigenvalue weighted by atomic mass is 10.1. The predicted octanol–water partition coefficient (Wildman–Crippen LogP) is 2.35. The van der Waals surface area contributed by atoms with Gasteiger partial charge in [-0.25, -0.2) is 13.1 Å². The third-order valence-corrected chi connectivity index (χ3v) is 4.68. The van der Waals surface area contributed by atoms with Gasteiger partial charge in [-0.15, -0.1) is 0 Å². The van der Waals surface area contributed by atoms with Crippen LogP contribution in [0.25, 0.3) is 0 Å². The van der Waals surface area contributed by atoms with E-state index in [1.165, 1.54) is 6.07 Å². The maximum absolute atomic E-state index is 12.4. The van der Waals surface area contributed by atoms with Gasteiger partial charge in [0.15, 0.2) is 0 Å². The summed E-state index contributed by atoms with van der Waals surface area (Å²) in [4.78, 5) is -0.00195. The number of nitriles is 1. The van der Waals surface area contributed by atoms with Crippen LogP contribution in [-0.2, 0) is 16.6 Å². The minimum absolute atomic E-state index is 0.00195. The first-order valence-electron chi connectivity index (χ1n) is 6.60. The second kappa shape index (κ2) is 6.60. The second-order valence-electron chi connectivity index (χ2n) is 4.74. The highest BCUT2D eigenvalue weighted by Gasteiger charge is 2.19. The Morgan fingerprint density at radius 3 is 2.64 bits per heavy atom. The summed E-state index contributed by atoms with van der Waals surface area (Å²) < 4.78 is 32.4. The molecule has 0 unspecified atom stereocenters. The number of rotatable bonds is 5. The minimum Gasteiger partial charge on any atom is -0.497 e. The van der Waals surface area contributed by atoms with Crippen LogP contribution in [0.2, 0.25) is 0 Å². The number of methoxy groups -OCH3 is 1. The van der Waals surface area contributed by atoms with Crippen molar-refractivity contribution in [2.45, 2.75) is 18.4 Å². The highest BCUT2D eigenvalue weighted by Crippen LogP contribution is 2.19. The first-order chi connectivity index (χ1) is 10.5. The van der Waals surface area contributed by atoms with E-state index in [9.17, 15) is 8.42 Å². The van der Waals surface area contributed by atoms with Crippen LogP contribution in [0.5, 0.6) is 5.75 Å². The van der Waals surface area contributed by atoms with E-state index in [-0.39, 0.29) is 17.0 Å². The molecule has 22 heavy (non-hydrogen) atoms. The fourth-order valence-corrected chi connectivity index (χ4v) is 3.29. The molecule has 0 fully saturated rings. The van der Waals surface area contributed by atoms with Crippen molar-refractivity contribution in [1.29, 1.82) is 5.26 Å². The van der Waals surface area contributed by atoms with E-state index >= 15 is 0 Å². The molecule has 0 aliphatic heterocycles. The summed E-state index contributed by atoms with van der Waals surface area (Å²) in [6.45, 7) is 1.83. The molecule has 2 aromatic rings. The number of aryl methyl sites for hydroxylation is 1.